The zero-order valence-electron chi connectivity index (χ0n) is 11.7. The van der Waals surface area contributed by atoms with Crippen LogP contribution in [0.25, 0.3) is 10.9 Å². The molecular weight excluding hydrogens is 303 g/mol. The number of nitrogens with one attached hydrogen (secondary N) is 1. The van der Waals surface area contributed by atoms with Crippen LogP contribution in [0.3, 0.4) is 0 Å². The van der Waals surface area contributed by atoms with Crippen molar-refractivity contribution in [1.29, 1.82) is 0 Å². The molecule has 0 aliphatic carbocycles. The predicted octanol–water partition coefficient (Wildman–Crippen LogP) is 4.37. The Labute approximate surface area is 130 Å². The third kappa shape index (κ3) is 3.09. The largest absolute Gasteiger partial charge is 0.416 e. The molecule has 0 aliphatic heterocycles. The summed E-state index contributed by atoms with van der Waals surface area (Å²) in [5, 5.41) is 3.27. The van der Waals surface area contributed by atoms with Crippen molar-refractivity contribution in [2.24, 2.45) is 0 Å². The Morgan fingerprint density at radius 2 is 1.87 bits per heavy atom. The Hall–Kier alpha value is -3.07. The summed E-state index contributed by atoms with van der Waals surface area (Å²) in [6.07, 6.45) is 2.21. The van der Waals surface area contributed by atoms with Gasteiger partial charge in [0.1, 0.15) is 12.1 Å². The fourth-order valence-electron chi connectivity index (χ4n) is 2.16. The summed E-state index contributed by atoms with van der Waals surface area (Å²) in [7, 11) is 0. The third-order valence-corrected chi connectivity index (χ3v) is 3.25. The van der Waals surface area contributed by atoms with E-state index in [1.165, 1.54) is 12.4 Å². The van der Waals surface area contributed by atoms with Crippen molar-refractivity contribution in [2.45, 2.75) is 6.18 Å². The van der Waals surface area contributed by atoms with Crippen LogP contribution in [0.4, 0.5) is 24.7 Å². The van der Waals surface area contributed by atoms with E-state index in [-0.39, 0.29) is 11.2 Å². The molecule has 23 heavy (non-hydrogen) atoms. The molecule has 0 amide bonds. The minimum absolute atomic E-state index is 0.286. The second-order valence-electron chi connectivity index (χ2n) is 4.80. The van der Waals surface area contributed by atoms with E-state index in [4.69, 9.17) is 6.42 Å². The number of rotatable bonds is 2. The number of terminal acetylenes is 1. The first-order valence-electron chi connectivity index (χ1n) is 6.63. The normalized spacial score (nSPS) is 11.2. The van der Waals surface area contributed by atoms with E-state index in [0.717, 1.165) is 12.1 Å². The van der Waals surface area contributed by atoms with Gasteiger partial charge in [-0.3, -0.25) is 0 Å². The molecule has 3 rings (SSSR count). The Bertz CT molecular complexity index is 911. The number of aromatic nitrogens is 2. The van der Waals surface area contributed by atoms with Gasteiger partial charge < -0.3 is 5.32 Å². The quantitative estimate of drug-likeness (QED) is 0.714. The van der Waals surface area contributed by atoms with Crippen LogP contribution in [0.1, 0.15) is 11.1 Å². The maximum atomic E-state index is 12.9. The SMILES string of the molecule is C#Cc1cccc(Nc2ncnc3ccc(C(F)(F)F)cc23)c1. The van der Waals surface area contributed by atoms with Crippen LogP contribution in [-0.2, 0) is 6.18 Å². The zero-order chi connectivity index (χ0) is 16.4. The van der Waals surface area contributed by atoms with E-state index in [2.05, 4.69) is 21.2 Å². The zero-order valence-corrected chi connectivity index (χ0v) is 11.7. The molecule has 0 bridgehead atoms. The molecule has 6 heteroatoms. The van der Waals surface area contributed by atoms with Gasteiger partial charge in [0.25, 0.3) is 0 Å². The van der Waals surface area contributed by atoms with Gasteiger partial charge in [0.05, 0.1) is 11.1 Å². The number of fused-ring (bicyclic) bond motifs is 1. The second-order valence-corrected chi connectivity index (χ2v) is 4.80. The van der Waals surface area contributed by atoms with Gasteiger partial charge in [0, 0.05) is 16.6 Å². The molecule has 0 fully saturated rings. The number of benzene rings is 2. The smallest absolute Gasteiger partial charge is 0.340 e. The molecule has 0 saturated heterocycles. The molecule has 0 radical (unpaired) electrons. The molecule has 0 atom stereocenters. The molecule has 3 aromatic rings. The van der Waals surface area contributed by atoms with E-state index in [0.29, 0.717) is 16.8 Å². The van der Waals surface area contributed by atoms with Crippen molar-refractivity contribution >= 4 is 22.4 Å². The molecular formula is C17H10F3N3. The molecule has 3 nitrogen and oxygen atoms in total. The summed E-state index contributed by atoms with van der Waals surface area (Å²) < 4.78 is 38.7. The summed E-state index contributed by atoms with van der Waals surface area (Å²) >= 11 is 0. The summed E-state index contributed by atoms with van der Waals surface area (Å²) in [5.74, 6) is 2.79. The number of hydrogen-bond donors (Lipinski definition) is 1. The maximum absolute atomic E-state index is 12.9. The maximum Gasteiger partial charge on any atom is 0.416 e. The summed E-state index contributed by atoms with van der Waals surface area (Å²) in [5.41, 5.74) is 0.964. The fourth-order valence-corrected chi connectivity index (χ4v) is 2.16. The highest BCUT2D eigenvalue weighted by molar-refractivity contribution is 5.91. The monoisotopic (exact) mass is 313 g/mol. The van der Waals surface area contributed by atoms with Gasteiger partial charge in [-0.05, 0) is 36.4 Å². The third-order valence-electron chi connectivity index (χ3n) is 3.25. The first-order valence-corrected chi connectivity index (χ1v) is 6.63. The second kappa shape index (κ2) is 5.61. The van der Waals surface area contributed by atoms with Gasteiger partial charge in [-0.15, -0.1) is 6.42 Å². The van der Waals surface area contributed by atoms with Crippen LogP contribution in [0.15, 0.2) is 48.8 Å². The van der Waals surface area contributed by atoms with Crippen LogP contribution < -0.4 is 5.32 Å². The van der Waals surface area contributed by atoms with Crippen molar-refractivity contribution in [2.75, 3.05) is 5.32 Å². The van der Waals surface area contributed by atoms with Crippen LogP contribution in [0, 0.1) is 12.3 Å². The van der Waals surface area contributed by atoms with Gasteiger partial charge in [-0.25, -0.2) is 9.97 Å². The van der Waals surface area contributed by atoms with Gasteiger partial charge in [-0.1, -0.05) is 12.0 Å². The molecule has 0 unspecified atom stereocenters. The van der Waals surface area contributed by atoms with Crippen LogP contribution in [0.2, 0.25) is 0 Å². The number of hydrogen-bond acceptors (Lipinski definition) is 3. The highest BCUT2D eigenvalue weighted by atomic mass is 19.4. The molecule has 1 heterocycles. The van der Waals surface area contributed by atoms with Gasteiger partial charge in [0.2, 0.25) is 0 Å². The van der Waals surface area contributed by atoms with E-state index in [1.807, 2.05) is 0 Å². The van der Waals surface area contributed by atoms with Crippen LogP contribution >= 0.6 is 0 Å². The number of alkyl halides is 3. The summed E-state index contributed by atoms with van der Waals surface area (Å²) in [4.78, 5) is 8.03. The predicted molar refractivity (Wildman–Crippen MR) is 82.2 cm³/mol. The molecule has 2 aromatic carbocycles. The standard InChI is InChI=1S/C17H10F3N3/c1-2-11-4-3-5-13(8-11)23-16-14-9-12(17(18,19)20)6-7-15(14)21-10-22-16/h1,3-10H,(H,21,22,23). The van der Waals surface area contributed by atoms with Crippen molar-refractivity contribution < 1.29 is 13.2 Å². The van der Waals surface area contributed by atoms with Gasteiger partial charge in [-0.2, -0.15) is 13.2 Å². The lowest BCUT2D eigenvalue weighted by molar-refractivity contribution is -0.137. The van der Waals surface area contributed by atoms with E-state index < -0.39 is 11.7 Å². The number of halogens is 3. The Balaban J connectivity index is 2.08. The number of anilines is 2. The van der Waals surface area contributed by atoms with Crippen LogP contribution in [-0.4, -0.2) is 9.97 Å². The average Bonchev–Trinajstić information content (AvgIpc) is 2.54. The Morgan fingerprint density at radius 1 is 1.04 bits per heavy atom. The minimum Gasteiger partial charge on any atom is -0.340 e. The Morgan fingerprint density at radius 3 is 2.61 bits per heavy atom. The van der Waals surface area contributed by atoms with Crippen LogP contribution in [0.5, 0.6) is 0 Å². The molecule has 0 spiro atoms. The number of nitrogens with zero attached hydrogens (tertiary/aromatic N) is 2. The molecule has 1 aromatic heterocycles. The topological polar surface area (TPSA) is 37.8 Å². The molecule has 114 valence electrons. The van der Waals surface area contributed by atoms with Crippen molar-refractivity contribution in [3.8, 4) is 12.3 Å². The lowest BCUT2D eigenvalue weighted by Crippen LogP contribution is -2.05. The molecule has 0 aliphatic rings. The van der Waals surface area contributed by atoms with E-state index >= 15 is 0 Å². The highest BCUT2D eigenvalue weighted by Gasteiger charge is 2.30. The molecule has 0 saturated carbocycles. The summed E-state index contributed by atoms with van der Waals surface area (Å²) in [6.45, 7) is 0. The van der Waals surface area contributed by atoms with E-state index in [1.54, 1.807) is 24.3 Å². The van der Waals surface area contributed by atoms with Gasteiger partial charge in [0.15, 0.2) is 0 Å². The first kappa shape index (κ1) is 14.9. The fraction of sp³-hybridized carbons (Fsp3) is 0.0588. The first-order chi connectivity index (χ1) is 11.0. The van der Waals surface area contributed by atoms with E-state index in [9.17, 15) is 13.2 Å². The lowest BCUT2D eigenvalue weighted by Gasteiger charge is -2.11. The van der Waals surface area contributed by atoms with Gasteiger partial charge >= 0.3 is 6.18 Å². The lowest BCUT2D eigenvalue weighted by atomic mass is 10.1. The summed E-state index contributed by atoms with van der Waals surface area (Å²) in [6, 6.07) is 10.3. The average molecular weight is 313 g/mol. The van der Waals surface area contributed by atoms with Crippen molar-refractivity contribution in [1.82, 2.24) is 9.97 Å². The Kier molecular flexibility index (Phi) is 3.62. The van der Waals surface area contributed by atoms with Crippen molar-refractivity contribution in [3.63, 3.8) is 0 Å². The molecule has 1 N–H and O–H groups in total. The minimum atomic E-state index is -4.43. The highest BCUT2D eigenvalue weighted by Crippen LogP contribution is 2.33. The van der Waals surface area contributed by atoms with Crippen molar-refractivity contribution in [3.05, 3.63) is 59.9 Å².